The molecule has 0 radical (unpaired) electrons. The quantitative estimate of drug-likeness (QED) is 0.767. The lowest BCUT2D eigenvalue weighted by Gasteiger charge is -2.14. The van der Waals surface area contributed by atoms with Crippen LogP contribution in [-0.4, -0.2) is 17.7 Å². The minimum absolute atomic E-state index is 0.243. The van der Waals surface area contributed by atoms with Crippen molar-refractivity contribution in [2.45, 2.75) is 33.1 Å². The predicted octanol–water partition coefficient (Wildman–Crippen LogP) is 3.55. The highest BCUT2D eigenvalue weighted by atomic mass is 32.1. The molecule has 1 N–H and O–H groups in total. The molecule has 0 aliphatic carbocycles. The van der Waals surface area contributed by atoms with Gasteiger partial charge in [0, 0.05) is 0 Å². The standard InChI is InChI=1S/C13H17NO3S/c1-13(2,9-14)6-3-4-7-17-10-5-8-18-11(10)12(15)16/h5,8H,3-4,6-7H2,1-2H3,(H,15,16). The third-order valence-corrected chi connectivity index (χ3v) is 3.46. The summed E-state index contributed by atoms with van der Waals surface area (Å²) < 4.78 is 5.43. The molecule has 0 aliphatic rings. The van der Waals surface area contributed by atoms with E-state index in [9.17, 15) is 4.79 Å². The van der Waals surface area contributed by atoms with Gasteiger partial charge in [0.15, 0.2) is 4.88 Å². The van der Waals surface area contributed by atoms with Crippen LogP contribution in [0.3, 0.4) is 0 Å². The first kappa shape index (κ1) is 14.5. The van der Waals surface area contributed by atoms with Crippen LogP contribution >= 0.6 is 11.3 Å². The summed E-state index contributed by atoms with van der Waals surface area (Å²) in [5.74, 6) is -0.516. The zero-order chi connectivity index (χ0) is 13.6. The molecule has 0 atom stereocenters. The van der Waals surface area contributed by atoms with E-state index in [-0.39, 0.29) is 10.3 Å². The summed E-state index contributed by atoms with van der Waals surface area (Å²) in [6.45, 7) is 4.31. The molecular formula is C13H17NO3S. The number of ether oxygens (including phenoxy) is 1. The molecule has 98 valence electrons. The van der Waals surface area contributed by atoms with Crippen LogP contribution in [0.25, 0.3) is 0 Å². The minimum atomic E-state index is -0.953. The van der Waals surface area contributed by atoms with Crippen molar-refractivity contribution >= 4 is 17.3 Å². The highest BCUT2D eigenvalue weighted by molar-refractivity contribution is 7.12. The molecule has 0 aromatic carbocycles. The van der Waals surface area contributed by atoms with Crippen LogP contribution in [0.1, 0.15) is 42.8 Å². The molecule has 0 aliphatic heterocycles. The Kier molecular flexibility index (Phi) is 5.17. The Labute approximate surface area is 111 Å². The Morgan fingerprint density at radius 2 is 2.28 bits per heavy atom. The Morgan fingerprint density at radius 3 is 2.89 bits per heavy atom. The van der Waals surface area contributed by atoms with Gasteiger partial charge < -0.3 is 9.84 Å². The summed E-state index contributed by atoms with van der Waals surface area (Å²) in [6.07, 6.45) is 2.54. The van der Waals surface area contributed by atoms with Gasteiger partial charge in [-0.15, -0.1) is 11.3 Å². The summed E-state index contributed by atoms with van der Waals surface area (Å²) in [5.41, 5.74) is -0.297. The highest BCUT2D eigenvalue weighted by Gasteiger charge is 2.16. The lowest BCUT2D eigenvalue weighted by atomic mass is 9.89. The zero-order valence-electron chi connectivity index (χ0n) is 10.6. The number of aromatic carboxylic acids is 1. The first-order valence-corrected chi connectivity index (χ1v) is 6.69. The summed E-state index contributed by atoms with van der Waals surface area (Å²) in [6, 6.07) is 3.93. The average Bonchev–Trinajstić information content (AvgIpc) is 2.77. The second kappa shape index (κ2) is 6.41. The van der Waals surface area contributed by atoms with Gasteiger partial charge in [0.2, 0.25) is 0 Å². The van der Waals surface area contributed by atoms with Crippen molar-refractivity contribution in [2.24, 2.45) is 5.41 Å². The molecule has 0 spiro atoms. The van der Waals surface area contributed by atoms with E-state index in [2.05, 4.69) is 6.07 Å². The maximum absolute atomic E-state index is 10.8. The Balaban J connectivity index is 2.29. The van der Waals surface area contributed by atoms with E-state index < -0.39 is 5.97 Å². The minimum Gasteiger partial charge on any atom is -0.492 e. The van der Waals surface area contributed by atoms with E-state index in [4.69, 9.17) is 15.1 Å². The van der Waals surface area contributed by atoms with Gasteiger partial charge in [0.25, 0.3) is 0 Å². The van der Waals surface area contributed by atoms with Crippen LogP contribution < -0.4 is 4.74 Å². The smallest absolute Gasteiger partial charge is 0.349 e. The zero-order valence-corrected chi connectivity index (χ0v) is 11.4. The SMILES string of the molecule is CC(C)(C#N)CCCCOc1ccsc1C(=O)O. The van der Waals surface area contributed by atoms with Gasteiger partial charge in [0.1, 0.15) is 5.75 Å². The van der Waals surface area contributed by atoms with Crippen LogP contribution in [0, 0.1) is 16.7 Å². The number of nitrogens with zero attached hydrogens (tertiary/aromatic N) is 1. The van der Waals surface area contributed by atoms with Gasteiger partial charge in [-0.25, -0.2) is 4.79 Å². The number of thiophene rings is 1. The first-order chi connectivity index (χ1) is 8.46. The van der Waals surface area contributed by atoms with Gasteiger partial charge in [0.05, 0.1) is 18.1 Å². The lowest BCUT2D eigenvalue weighted by Crippen LogP contribution is -2.08. The second-order valence-electron chi connectivity index (χ2n) is 4.72. The second-order valence-corrected chi connectivity index (χ2v) is 5.64. The fraction of sp³-hybridized carbons (Fsp3) is 0.538. The summed E-state index contributed by atoms with van der Waals surface area (Å²) in [5, 5.41) is 19.4. The number of unbranched alkanes of at least 4 members (excludes halogenated alkanes) is 1. The molecule has 0 amide bonds. The molecule has 1 aromatic rings. The van der Waals surface area contributed by atoms with Crippen LogP contribution in [0.4, 0.5) is 0 Å². The lowest BCUT2D eigenvalue weighted by molar-refractivity contribution is 0.0698. The molecule has 18 heavy (non-hydrogen) atoms. The van der Waals surface area contributed by atoms with E-state index in [0.717, 1.165) is 30.6 Å². The first-order valence-electron chi connectivity index (χ1n) is 5.81. The molecular weight excluding hydrogens is 250 g/mol. The van der Waals surface area contributed by atoms with Gasteiger partial charge >= 0.3 is 5.97 Å². The van der Waals surface area contributed by atoms with E-state index in [0.29, 0.717) is 12.4 Å². The van der Waals surface area contributed by atoms with Gasteiger partial charge in [-0.3, -0.25) is 0 Å². The van der Waals surface area contributed by atoms with Crippen LogP contribution in [0.2, 0.25) is 0 Å². The van der Waals surface area contributed by atoms with Crippen molar-refractivity contribution < 1.29 is 14.6 Å². The molecule has 1 aromatic heterocycles. The van der Waals surface area contributed by atoms with Crippen molar-refractivity contribution in [1.82, 2.24) is 0 Å². The molecule has 0 unspecified atom stereocenters. The van der Waals surface area contributed by atoms with E-state index >= 15 is 0 Å². The number of hydrogen-bond acceptors (Lipinski definition) is 4. The number of carboxylic acid groups (broad SMARTS) is 1. The molecule has 0 saturated heterocycles. The van der Waals surface area contributed by atoms with Crippen molar-refractivity contribution in [3.05, 3.63) is 16.3 Å². The third kappa shape index (κ3) is 4.38. The Hall–Kier alpha value is -1.54. The molecule has 1 heterocycles. The van der Waals surface area contributed by atoms with Crippen molar-refractivity contribution in [3.8, 4) is 11.8 Å². The normalized spacial score (nSPS) is 10.9. The topological polar surface area (TPSA) is 70.3 Å². The van der Waals surface area contributed by atoms with Crippen molar-refractivity contribution in [3.63, 3.8) is 0 Å². The fourth-order valence-corrected chi connectivity index (χ4v) is 2.15. The van der Waals surface area contributed by atoms with Crippen LogP contribution in [0.15, 0.2) is 11.4 Å². The maximum Gasteiger partial charge on any atom is 0.349 e. The molecule has 0 bridgehead atoms. The van der Waals surface area contributed by atoms with Gasteiger partial charge in [-0.2, -0.15) is 5.26 Å². The number of rotatable bonds is 7. The van der Waals surface area contributed by atoms with Crippen LogP contribution in [0.5, 0.6) is 5.75 Å². The Bertz CT molecular complexity index is 445. The number of carbonyl (C=O) groups is 1. The number of hydrogen-bond donors (Lipinski definition) is 1. The highest BCUT2D eigenvalue weighted by Crippen LogP contribution is 2.25. The van der Waals surface area contributed by atoms with Crippen molar-refractivity contribution in [1.29, 1.82) is 5.26 Å². The largest absolute Gasteiger partial charge is 0.492 e. The van der Waals surface area contributed by atoms with Gasteiger partial charge in [-0.1, -0.05) is 0 Å². The summed E-state index contributed by atoms with van der Waals surface area (Å²) in [4.78, 5) is 11.1. The molecule has 1 rings (SSSR count). The van der Waals surface area contributed by atoms with E-state index in [1.54, 1.807) is 11.4 Å². The monoisotopic (exact) mass is 267 g/mol. The molecule has 4 nitrogen and oxygen atoms in total. The summed E-state index contributed by atoms with van der Waals surface area (Å²) >= 11 is 1.16. The van der Waals surface area contributed by atoms with Crippen molar-refractivity contribution in [2.75, 3.05) is 6.61 Å². The van der Waals surface area contributed by atoms with Crippen LogP contribution in [-0.2, 0) is 0 Å². The molecule has 0 fully saturated rings. The maximum atomic E-state index is 10.8. The predicted molar refractivity (Wildman–Crippen MR) is 70.0 cm³/mol. The summed E-state index contributed by atoms with van der Waals surface area (Å²) in [7, 11) is 0. The van der Waals surface area contributed by atoms with E-state index in [1.165, 1.54) is 0 Å². The van der Waals surface area contributed by atoms with Gasteiger partial charge in [-0.05, 0) is 44.6 Å². The molecule has 5 heteroatoms. The molecule has 0 saturated carbocycles. The Morgan fingerprint density at radius 1 is 1.56 bits per heavy atom. The fourth-order valence-electron chi connectivity index (χ4n) is 1.47. The number of nitriles is 1. The average molecular weight is 267 g/mol. The number of carboxylic acids is 1. The third-order valence-electron chi connectivity index (χ3n) is 2.58. The van der Waals surface area contributed by atoms with E-state index in [1.807, 2.05) is 13.8 Å².